The summed E-state index contributed by atoms with van der Waals surface area (Å²) in [7, 11) is 1.52. The molecular weight excluding hydrogens is 202 g/mol. The summed E-state index contributed by atoms with van der Waals surface area (Å²) >= 11 is 0. The molecule has 15 heavy (non-hydrogen) atoms. The number of hydrogen-bond acceptors (Lipinski definition) is 5. The van der Waals surface area contributed by atoms with Gasteiger partial charge >= 0.3 is 5.97 Å². The molecule has 0 saturated heterocycles. The van der Waals surface area contributed by atoms with Gasteiger partial charge in [0.25, 0.3) is 6.47 Å². The first-order valence-electron chi connectivity index (χ1n) is 4.35. The average Bonchev–Trinajstić information content (AvgIpc) is 2.01. The van der Waals surface area contributed by atoms with Crippen LogP contribution in [0, 0.1) is 0 Å². The molecule has 0 fully saturated rings. The zero-order valence-electron chi connectivity index (χ0n) is 9.56. The Balaban J connectivity index is 0. The van der Waals surface area contributed by atoms with E-state index < -0.39 is 5.97 Å². The summed E-state index contributed by atoms with van der Waals surface area (Å²) in [6.45, 7) is 5.59. The standard InChI is InChI=1S/C5H10O2.C4H9NO3/c1-5(2,3)7-4-6;1-5(3-6)2-4(7)8/h4H,1-3H3;6H,2-3H2,1H3,(H,7,8). The largest absolute Gasteiger partial charge is 0.480 e. The quantitative estimate of drug-likeness (QED) is 0.509. The van der Waals surface area contributed by atoms with Crippen molar-refractivity contribution in [2.75, 3.05) is 20.3 Å². The molecule has 0 aromatic heterocycles. The van der Waals surface area contributed by atoms with Crippen LogP contribution in [0.15, 0.2) is 0 Å². The number of aliphatic carboxylic acids is 1. The molecule has 0 atom stereocenters. The van der Waals surface area contributed by atoms with Crippen molar-refractivity contribution in [3.8, 4) is 0 Å². The molecule has 0 aliphatic heterocycles. The van der Waals surface area contributed by atoms with Crippen molar-refractivity contribution in [2.24, 2.45) is 0 Å². The first-order chi connectivity index (χ1) is 6.72. The second kappa shape index (κ2) is 8.19. The molecule has 6 heteroatoms. The van der Waals surface area contributed by atoms with Crippen molar-refractivity contribution in [3.63, 3.8) is 0 Å². The summed E-state index contributed by atoms with van der Waals surface area (Å²) in [6, 6.07) is 0. The molecule has 0 heterocycles. The van der Waals surface area contributed by atoms with Gasteiger partial charge in [-0.3, -0.25) is 14.5 Å². The first-order valence-corrected chi connectivity index (χ1v) is 4.35. The number of aliphatic hydroxyl groups excluding tert-OH is 1. The molecule has 0 amide bonds. The fourth-order valence-corrected chi connectivity index (χ4v) is 0.425. The molecule has 0 bridgehead atoms. The molecular formula is C9H19NO5. The molecule has 0 unspecified atom stereocenters. The topological polar surface area (TPSA) is 87.1 Å². The van der Waals surface area contributed by atoms with E-state index in [9.17, 15) is 9.59 Å². The number of nitrogens with zero attached hydrogens (tertiary/aromatic N) is 1. The van der Waals surface area contributed by atoms with Crippen LogP contribution in [0.5, 0.6) is 0 Å². The minimum atomic E-state index is -0.929. The van der Waals surface area contributed by atoms with Gasteiger partial charge in [-0.15, -0.1) is 0 Å². The van der Waals surface area contributed by atoms with Gasteiger partial charge in [0.15, 0.2) is 0 Å². The maximum atomic E-state index is 9.82. The van der Waals surface area contributed by atoms with Gasteiger partial charge in [0.2, 0.25) is 0 Å². The van der Waals surface area contributed by atoms with Crippen LogP contribution in [0.1, 0.15) is 20.8 Å². The zero-order chi connectivity index (χ0) is 12.5. The molecule has 0 rings (SSSR count). The number of carboxylic acids is 1. The number of carbonyl (C=O) groups is 2. The van der Waals surface area contributed by atoms with Crippen molar-refractivity contribution in [1.82, 2.24) is 4.90 Å². The Kier molecular flexibility index (Phi) is 8.90. The van der Waals surface area contributed by atoms with Crippen LogP contribution < -0.4 is 0 Å². The number of likely N-dealkylation sites (N-methyl/N-ethyl adjacent to an activating group) is 1. The van der Waals surface area contributed by atoms with Crippen LogP contribution in [-0.2, 0) is 14.3 Å². The van der Waals surface area contributed by atoms with Crippen molar-refractivity contribution >= 4 is 12.4 Å². The lowest BCUT2D eigenvalue weighted by molar-refractivity contribution is -0.139. The van der Waals surface area contributed by atoms with Crippen molar-refractivity contribution < 1.29 is 24.5 Å². The highest BCUT2D eigenvalue weighted by atomic mass is 16.5. The van der Waals surface area contributed by atoms with E-state index in [1.165, 1.54) is 11.9 Å². The van der Waals surface area contributed by atoms with Gasteiger partial charge in [-0.2, -0.15) is 0 Å². The predicted octanol–water partition coefficient (Wildman–Crippen LogP) is -0.0895. The van der Waals surface area contributed by atoms with Crippen LogP contribution in [0.2, 0.25) is 0 Å². The normalized spacial score (nSPS) is 10.3. The third-order valence-corrected chi connectivity index (χ3v) is 1.05. The minimum Gasteiger partial charge on any atom is -0.480 e. The molecule has 90 valence electrons. The summed E-state index contributed by atoms with van der Waals surface area (Å²) in [4.78, 5) is 20.7. The molecule has 0 aromatic rings. The van der Waals surface area contributed by atoms with Crippen molar-refractivity contribution in [1.29, 1.82) is 0 Å². The second-order valence-corrected chi connectivity index (χ2v) is 3.88. The predicted molar refractivity (Wildman–Crippen MR) is 54.3 cm³/mol. The summed E-state index contributed by atoms with van der Waals surface area (Å²) in [6.07, 6.45) is 0. The maximum absolute atomic E-state index is 9.82. The Morgan fingerprint density at radius 2 is 1.93 bits per heavy atom. The minimum absolute atomic E-state index is 0.115. The molecule has 0 spiro atoms. The van der Waals surface area contributed by atoms with E-state index in [2.05, 4.69) is 4.74 Å². The molecule has 0 aromatic carbocycles. The number of rotatable bonds is 4. The number of ether oxygens (including phenoxy) is 1. The van der Waals surface area contributed by atoms with Crippen LogP contribution in [0.25, 0.3) is 0 Å². The average molecular weight is 221 g/mol. The zero-order valence-corrected chi connectivity index (χ0v) is 9.56. The van der Waals surface area contributed by atoms with Gasteiger partial charge in [0.1, 0.15) is 5.60 Å². The Morgan fingerprint density at radius 3 is 2.00 bits per heavy atom. The molecule has 6 nitrogen and oxygen atoms in total. The van der Waals surface area contributed by atoms with Crippen LogP contribution >= 0.6 is 0 Å². The van der Waals surface area contributed by atoms with Crippen LogP contribution in [0.4, 0.5) is 0 Å². The van der Waals surface area contributed by atoms with Gasteiger partial charge in [-0.25, -0.2) is 0 Å². The molecule has 2 N–H and O–H groups in total. The van der Waals surface area contributed by atoms with E-state index in [-0.39, 0.29) is 18.9 Å². The van der Waals surface area contributed by atoms with Gasteiger partial charge in [0.05, 0.1) is 13.3 Å². The highest BCUT2D eigenvalue weighted by molar-refractivity contribution is 5.68. The summed E-state index contributed by atoms with van der Waals surface area (Å²) in [5.41, 5.74) is -0.318. The van der Waals surface area contributed by atoms with Crippen LogP contribution in [0.3, 0.4) is 0 Å². The molecule has 0 aliphatic carbocycles. The van der Waals surface area contributed by atoms with E-state index in [1.54, 1.807) is 0 Å². The molecule has 0 radical (unpaired) electrons. The van der Waals surface area contributed by atoms with E-state index in [4.69, 9.17) is 10.2 Å². The van der Waals surface area contributed by atoms with Gasteiger partial charge in [-0.1, -0.05) is 0 Å². The second-order valence-electron chi connectivity index (χ2n) is 3.88. The Hall–Kier alpha value is -1.14. The van der Waals surface area contributed by atoms with Gasteiger partial charge in [-0.05, 0) is 27.8 Å². The smallest absolute Gasteiger partial charge is 0.317 e. The Bertz CT molecular complexity index is 187. The molecule has 0 saturated carbocycles. The first kappa shape index (κ1) is 16.3. The summed E-state index contributed by atoms with van der Waals surface area (Å²) in [5.74, 6) is -0.929. The van der Waals surface area contributed by atoms with Gasteiger partial charge in [0, 0.05) is 0 Å². The van der Waals surface area contributed by atoms with E-state index >= 15 is 0 Å². The molecule has 0 aliphatic rings. The third kappa shape index (κ3) is 19.3. The summed E-state index contributed by atoms with van der Waals surface area (Å²) in [5, 5.41) is 16.3. The highest BCUT2D eigenvalue weighted by Crippen LogP contribution is 2.02. The maximum Gasteiger partial charge on any atom is 0.317 e. The highest BCUT2D eigenvalue weighted by Gasteiger charge is 2.07. The monoisotopic (exact) mass is 221 g/mol. The number of carboxylic acid groups (broad SMARTS) is 1. The van der Waals surface area contributed by atoms with Crippen LogP contribution in [-0.4, -0.2) is 53.5 Å². The van der Waals surface area contributed by atoms with E-state index in [1.807, 2.05) is 20.8 Å². The van der Waals surface area contributed by atoms with Crippen molar-refractivity contribution in [3.05, 3.63) is 0 Å². The fraction of sp³-hybridized carbons (Fsp3) is 0.778. The number of hydrogen-bond donors (Lipinski definition) is 2. The lowest BCUT2D eigenvalue weighted by Crippen LogP contribution is -2.26. The lowest BCUT2D eigenvalue weighted by atomic mass is 10.2. The lowest BCUT2D eigenvalue weighted by Gasteiger charge is -2.14. The number of carbonyl (C=O) groups excluding carboxylic acids is 1. The summed E-state index contributed by atoms with van der Waals surface area (Å²) < 4.78 is 4.55. The van der Waals surface area contributed by atoms with E-state index in [0.29, 0.717) is 6.47 Å². The van der Waals surface area contributed by atoms with Crippen molar-refractivity contribution in [2.45, 2.75) is 26.4 Å². The van der Waals surface area contributed by atoms with Gasteiger partial charge < -0.3 is 14.9 Å². The number of aliphatic hydroxyl groups is 1. The van der Waals surface area contributed by atoms with E-state index in [0.717, 1.165) is 0 Å². The third-order valence-electron chi connectivity index (χ3n) is 1.05. The SMILES string of the molecule is CC(C)(C)OC=O.CN(CO)CC(=O)O. The Labute approximate surface area is 89.4 Å². The Morgan fingerprint density at radius 1 is 1.47 bits per heavy atom. The fourth-order valence-electron chi connectivity index (χ4n) is 0.425.